The van der Waals surface area contributed by atoms with Crippen LogP contribution in [0.15, 0.2) is 22.7 Å². The van der Waals surface area contributed by atoms with Gasteiger partial charge < -0.3 is 4.84 Å². The molecule has 0 aromatic heterocycles. The second-order valence-corrected chi connectivity index (χ2v) is 5.06. The molecule has 0 spiro atoms. The zero-order chi connectivity index (χ0) is 15.8. The van der Waals surface area contributed by atoms with E-state index in [1.165, 1.54) is 0 Å². The van der Waals surface area contributed by atoms with E-state index in [1.54, 1.807) is 0 Å². The largest absolute Gasteiger partial charge is 0.417 e. The molecule has 1 heterocycles. The molecule has 1 aromatic rings. The van der Waals surface area contributed by atoms with Gasteiger partial charge >= 0.3 is 12.1 Å². The van der Waals surface area contributed by atoms with Crippen LogP contribution in [0.2, 0.25) is 0 Å². The normalized spacial score (nSPS) is 15.5. The fourth-order valence-electron chi connectivity index (χ4n) is 1.72. The van der Waals surface area contributed by atoms with Gasteiger partial charge in [-0.2, -0.15) is 13.2 Å². The van der Waals surface area contributed by atoms with Gasteiger partial charge in [-0.1, -0.05) is 15.9 Å². The fourth-order valence-corrected chi connectivity index (χ4v) is 2.08. The van der Waals surface area contributed by atoms with Gasteiger partial charge in [0, 0.05) is 17.3 Å². The number of imide groups is 1. The van der Waals surface area contributed by atoms with Crippen molar-refractivity contribution in [2.75, 3.05) is 0 Å². The van der Waals surface area contributed by atoms with E-state index < -0.39 is 35.1 Å². The molecule has 0 aliphatic carbocycles. The molecule has 0 unspecified atom stereocenters. The lowest BCUT2D eigenvalue weighted by atomic mass is 10.1. The molecule has 21 heavy (non-hydrogen) atoms. The van der Waals surface area contributed by atoms with Gasteiger partial charge in [0.25, 0.3) is 11.8 Å². The number of benzene rings is 1. The van der Waals surface area contributed by atoms with Crippen LogP contribution in [-0.2, 0) is 20.6 Å². The zero-order valence-electron chi connectivity index (χ0n) is 10.2. The number of alkyl halides is 3. The lowest BCUT2D eigenvalue weighted by Gasteiger charge is -2.16. The van der Waals surface area contributed by atoms with Crippen LogP contribution < -0.4 is 0 Å². The summed E-state index contributed by atoms with van der Waals surface area (Å²) < 4.78 is 38.7. The first kappa shape index (κ1) is 15.5. The summed E-state index contributed by atoms with van der Waals surface area (Å²) in [4.78, 5) is 38.9. The second-order valence-electron chi connectivity index (χ2n) is 4.15. The summed E-state index contributed by atoms with van der Waals surface area (Å²) in [7, 11) is 0. The molecule has 0 atom stereocenters. The van der Waals surface area contributed by atoms with Crippen LogP contribution in [0, 0.1) is 0 Å². The lowest BCUT2D eigenvalue weighted by molar-refractivity contribution is -0.172. The number of carbonyl (C=O) groups is 3. The van der Waals surface area contributed by atoms with Crippen LogP contribution in [0.1, 0.15) is 28.8 Å². The van der Waals surface area contributed by atoms with E-state index >= 15 is 0 Å². The third kappa shape index (κ3) is 3.23. The van der Waals surface area contributed by atoms with Gasteiger partial charge in [-0.05, 0) is 18.2 Å². The number of halogens is 4. The minimum atomic E-state index is -4.77. The van der Waals surface area contributed by atoms with Crippen LogP contribution in [0.4, 0.5) is 13.2 Å². The molecular formula is C12H7BrF3NO4. The molecule has 1 aliphatic heterocycles. The number of hydrogen-bond acceptors (Lipinski definition) is 4. The average Bonchev–Trinajstić information content (AvgIpc) is 2.69. The molecule has 1 aliphatic rings. The van der Waals surface area contributed by atoms with Crippen molar-refractivity contribution in [3.63, 3.8) is 0 Å². The number of hydroxylamine groups is 2. The highest BCUT2D eigenvalue weighted by molar-refractivity contribution is 9.10. The van der Waals surface area contributed by atoms with Crippen LogP contribution in [0.5, 0.6) is 0 Å². The highest BCUT2D eigenvalue weighted by Gasteiger charge is 2.38. The van der Waals surface area contributed by atoms with Gasteiger partial charge in [0.05, 0.1) is 11.1 Å². The molecule has 5 nitrogen and oxygen atoms in total. The molecule has 2 rings (SSSR count). The maximum Gasteiger partial charge on any atom is 0.417 e. The molecule has 0 bridgehead atoms. The molecule has 1 saturated heterocycles. The topological polar surface area (TPSA) is 63.7 Å². The van der Waals surface area contributed by atoms with Crippen LogP contribution in [-0.4, -0.2) is 22.8 Å². The SMILES string of the molecule is O=C(ON1C(=O)CCC1=O)c1cc(Br)ccc1C(F)(F)F. The van der Waals surface area contributed by atoms with Gasteiger partial charge in [0.2, 0.25) is 0 Å². The third-order valence-electron chi connectivity index (χ3n) is 2.69. The minimum absolute atomic E-state index is 0.142. The van der Waals surface area contributed by atoms with Crippen molar-refractivity contribution in [3.05, 3.63) is 33.8 Å². The van der Waals surface area contributed by atoms with Crippen molar-refractivity contribution in [3.8, 4) is 0 Å². The van der Waals surface area contributed by atoms with E-state index in [9.17, 15) is 27.6 Å². The maximum atomic E-state index is 12.8. The number of rotatable bonds is 2. The van der Waals surface area contributed by atoms with E-state index in [1.807, 2.05) is 0 Å². The number of carbonyl (C=O) groups excluding carboxylic acids is 3. The first-order valence-corrected chi connectivity index (χ1v) is 6.44. The summed E-state index contributed by atoms with van der Waals surface area (Å²) >= 11 is 2.95. The molecular weight excluding hydrogens is 359 g/mol. The molecule has 0 radical (unpaired) electrons. The molecule has 0 saturated carbocycles. The Hall–Kier alpha value is -1.90. The summed E-state index contributed by atoms with van der Waals surface area (Å²) in [6.07, 6.45) is -5.05. The Bertz CT molecular complexity index is 613. The lowest BCUT2D eigenvalue weighted by Crippen LogP contribution is -2.32. The Morgan fingerprint density at radius 2 is 1.76 bits per heavy atom. The maximum absolute atomic E-state index is 12.8. The van der Waals surface area contributed by atoms with Crippen molar-refractivity contribution in [2.45, 2.75) is 19.0 Å². The number of hydrogen-bond donors (Lipinski definition) is 0. The second kappa shape index (κ2) is 5.47. The standard InChI is InChI=1S/C12H7BrF3NO4/c13-6-1-2-8(12(14,15)16)7(5-6)11(20)21-17-9(18)3-4-10(17)19/h1-2,5H,3-4H2. The van der Waals surface area contributed by atoms with Gasteiger partial charge in [-0.3, -0.25) is 9.59 Å². The van der Waals surface area contributed by atoms with Gasteiger partial charge in [-0.25, -0.2) is 4.79 Å². The summed E-state index contributed by atoms with van der Waals surface area (Å²) in [6.45, 7) is 0. The van der Waals surface area contributed by atoms with E-state index in [0.717, 1.165) is 12.1 Å². The van der Waals surface area contributed by atoms with Crippen LogP contribution >= 0.6 is 15.9 Å². The van der Waals surface area contributed by atoms with Crippen molar-refractivity contribution in [1.29, 1.82) is 0 Å². The van der Waals surface area contributed by atoms with Crippen molar-refractivity contribution >= 4 is 33.7 Å². The van der Waals surface area contributed by atoms with Crippen molar-refractivity contribution in [1.82, 2.24) is 5.06 Å². The highest BCUT2D eigenvalue weighted by Crippen LogP contribution is 2.34. The predicted molar refractivity (Wildman–Crippen MR) is 65.6 cm³/mol. The quantitative estimate of drug-likeness (QED) is 0.756. The summed E-state index contributed by atoms with van der Waals surface area (Å²) in [5.74, 6) is -2.96. The molecule has 2 amide bonds. The monoisotopic (exact) mass is 365 g/mol. The van der Waals surface area contributed by atoms with Gasteiger partial charge in [0.15, 0.2) is 0 Å². The minimum Gasteiger partial charge on any atom is -0.325 e. The number of nitrogens with zero attached hydrogens (tertiary/aromatic N) is 1. The van der Waals surface area contributed by atoms with E-state index in [2.05, 4.69) is 20.8 Å². The van der Waals surface area contributed by atoms with Crippen LogP contribution in [0.25, 0.3) is 0 Å². The summed E-state index contributed by atoms with van der Waals surface area (Å²) in [5.41, 5.74) is -2.00. The zero-order valence-corrected chi connectivity index (χ0v) is 11.8. The van der Waals surface area contributed by atoms with Crippen molar-refractivity contribution < 1.29 is 32.4 Å². The van der Waals surface area contributed by atoms with E-state index in [0.29, 0.717) is 6.07 Å². The Morgan fingerprint density at radius 3 is 2.29 bits per heavy atom. The summed E-state index contributed by atoms with van der Waals surface area (Å²) in [6, 6.07) is 2.73. The molecule has 0 N–H and O–H groups in total. The number of amides is 2. The van der Waals surface area contributed by atoms with E-state index in [4.69, 9.17) is 0 Å². The van der Waals surface area contributed by atoms with E-state index in [-0.39, 0.29) is 22.4 Å². The fraction of sp³-hybridized carbons (Fsp3) is 0.250. The summed E-state index contributed by atoms with van der Waals surface area (Å²) in [5, 5.41) is 0.198. The van der Waals surface area contributed by atoms with Crippen molar-refractivity contribution in [2.24, 2.45) is 0 Å². The smallest absolute Gasteiger partial charge is 0.325 e. The highest BCUT2D eigenvalue weighted by atomic mass is 79.9. The first-order chi connectivity index (χ1) is 9.70. The Labute approximate surface area is 124 Å². The Morgan fingerprint density at radius 1 is 1.19 bits per heavy atom. The Kier molecular flexibility index (Phi) is 4.04. The third-order valence-corrected chi connectivity index (χ3v) is 3.18. The Balaban J connectivity index is 2.33. The first-order valence-electron chi connectivity index (χ1n) is 5.65. The molecule has 1 aromatic carbocycles. The average molecular weight is 366 g/mol. The van der Waals surface area contributed by atoms with Crippen LogP contribution in [0.3, 0.4) is 0 Å². The van der Waals surface area contributed by atoms with Gasteiger partial charge in [-0.15, -0.1) is 5.06 Å². The molecule has 9 heteroatoms. The van der Waals surface area contributed by atoms with Gasteiger partial charge in [0.1, 0.15) is 0 Å². The predicted octanol–water partition coefficient (Wildman–Crippen LogP) is 2.69. The molecule has 1 fully saturated rings. The molecule has 112 valence electrons.